The third kappa shape index (κ3) is 4.17. The van der Waals surface area contributed by atoms with Gasteiger partial charge in [0.15, 0.2) is 0 Å². The Hall–Kier alpha value is -3.12. The number of aryl methyl sites for hydroxylation is 1. The molecular formula is C23H24N2O4. The van der Waals surface area contributed by atoms with Crippen molar-refractivity contribution in [1.82, 2.24) is 9.47 Å². The molecule has 2 heterocycles. The number of hydrogen-bond acceptors (Lipinski definition) is 4. The van der Waals surface area contributed by atoms with E-state index in [-0.39, 0.29) is 0 Å². The number of ether oxygens (including phenoxy) is 2. The number of para-hydroxylation sites is 1. The molecule has 0 N–H and O–H groups in total. The number of rotatable bonds is 6. The second kappa shape index (κ2) is 8.49. The Balaban J connectivity index is 1.52. The number of carbonyl (C=O) groups excluding carboxylic acids is 2. The maximum Gasteiger partial charge on any atom is 0.295 e. The van der Waals surface area contributed by atoms with Gasteiger partial charge in [-0.25, -0.2) is 0 Å². The van der Waals surface area contributed by atoms with Crippen LogP contribution in [0.15, 0.2) is 54.7 Å². The number of fused-ring (bicyclic) bond motifs is 1. The van der Waals surface area contributed by atoms with E-state index < -0.39 is 11.7 Å². The molecule has 6 nitrogen and oxygen atoms in total. The van der Waals surface area contributed by atoms with Gasteiger partial charge < -0.3 is 18.9 Å². The maximum absolute atomic E-state index is 12.9. The van der Waals surface area contributed by atoms with Gasteiger partial charge in [0.25, 0.3) is 11.7 Å². The second-order valence-corrected chi connectivity index (χ2v) is 7.15. The topological polar surface area (TPSA) is 60.8 Å². The van der Waals surface area contributed by atoms with Crippen molar-refractivity contribution in [3.8, 4) is 5.75 Å². The minimum Gasteiger partial charge on any atom is -0.492 e. The van der Waals surface area contributed by atoms with Crippen molar-refractivity contribution in [1.29, 1.82) is 0 Å². The summed E-state index contributed by atoms with van der Waals surface area (Å²) in [6.07, 6.45) is 1.77. The van der Waals surface area contributed by atoms with Gasteiger partial charge in [-0.05, 0) is 25.1 Å². The van der Waals surface area contributed by atoms with Crippen LogP contribution in [0, 0.1) is 6.92 Å². The standard InChI is InChI=1S/C23H24N2O4/c1-17-6-8-18(9-7-17)29-15-12-25-16-20(19-4-2-3-5-21(19)25)22(26)23(27)24-10-13-28-14-11-24/h2-9,16H,10-15H2,1H3. The van der Waals surface area contributed by atoms with Gasteiger partial charge in [0.05, 0.1) is 25.3 Å². The molecular weight excluding hydrogens is 368 g/mol. The molecule has 0 radical (unpaired) electrons. The summed E-state index contributed by atoms with van der Waals surface area (Å²) in [4.78, 5) is 27.2. The Bertz CT molecular complexity index is 1020. The van der Waals surface area contributed by atoms with Gasteiger partial charge in [-0.1, -0.05) is 35.9 Å². The number of amides is 1. The summed E-state index contributed by atoms with van der Waals surface area (Å²) in [5.74, 6) is -0.126. The molecule has 1 aliphatic rings. The molecule has 0 aliphatic carbocycles. The smallest absolute Gasteiger partial charge is 0.295 e. The number of hydrogen-bond donors (Lipinski definition) is 0. The highest BCUT2D eigenvalue weighted by Gasteiger charge is 2.27. The average molecular weight is 392 g/mol. The zero-order chi connectivity index (χ0) is 20.2. The molecule has 0 spiro atoms. The molecule has 4 rings (SSSR count). The summed E-state index contributed by atoms with van der Waals surface area (Å²) in [6, 6.07) is 15.5. The average Bonchev–Trinajstić information content (AvgIpc) is 3.13. The van der Waals surface area contributed by atoms with E-state index in [4.69, 9.17) is 9.47 Å². The molecule has 1 amide bonds. The normalized spacial score (nSPS) is 14.2. The molecule has 150 valence electrons. The van der Waals surface area contributed by atoms with Crippen LogP contribution >= 0.6 is 0 Å². The predicted octanol–water partition coefficient (Wildman–Crippen LogP) is 3.07. The van der Waals surface area contributed by atoms with E-state index in [0.29, 0.717) is 45.0 Å². The van der Waals surface area contributed by atoms with Crippen molar-refractivity contribution >= 4 is 22.6 Å². The highest BCUT2D eigenvalue weighted by atomic mass is 16.5. The van der Waals surface area contributed by atoms with Crippen LogP contribution in [0.4, 0.5) is 0 Å². The lowest BCUT2D eigenvalue weighted by atomic mass is 10.1. The second-order valence-electron chi connectivity index (χ2n) is 7.15. The lowest BCUT2D eigenvalue weighted by molar-refractivity contribution is -0.130. The van der Waals surface area contributed by atoms with Crippen LogP contribution in [0.1, 0.15) is 15.9 Å². The largest absolute Gasteiger partial charge is 0.492 e. The Labute approximate surface area is 169 Å². The molecule has 0 bridgehead atoms. The molecule has 1 aliphatic heterocycles. The Morgan fingerprint density at radius 2 is 1.76 bits per heavy atom. The van der Waals surface area contributed by atoms with Gasteiger partial charge in [-0.3, -0.25) is 9.59 Å². The summed E-state index contributed by atoms with van der Waals surface area (Å²) in [5, 5.41) is 0.787. The number of ketones is 1. The first-order chi connectivity index (χ1) is 14.1. The van der Waals surface area contributed by atoms with Crippen LogP contribution in [0.3, 0.4) is 0 Å². The van der Waals surface area contributed by atoms with Crippen molar-refractivity contribution < 1.29 is 19.1 Å². The van der Waals surface area contributed by atoms with Crippen LogP contribution < -0.4 is 4.74 Å². The molecule has 0 atom stereocenters. The van der Waals surface area contributed by atoms with Gasteiger partial charge >= 0.3 is 0 Å². The fourth-order valence-electron chi connectivity index (χ4n) is 3.53. The monoisotopic (exact) mass is 392 g/mol. The number of carbonyl (C=O) groups is 2. The van der Waals surface area contributed by atoms with Gasteiger partial charge in [0.2, 0.25) is 0 Å². The number of nitrogens with zero attached hydrogens (tertiary/aromatic N) is 2. The van der Waals surface area contributed by atoms with Crippen LogP contribution in [-0.2, 0) is 16.1 Å². The number of benzene rings is 2. The fraction of sp³-hybridized carbons (Fsp3) is 0.304. The zero-order valence-electron chi connectivity index (χ0n) is 16.5. The third-order valence-electron chi connectivity index (χ3n) is 5.15. The minimum absolute atomic E-state index is 0.437. The molecule has 6 heteroatoms. The molecule has 2 aromatic carbocycles. The summed E-state index contributed by atoms with van der Waals surface area (Å²) in [5.41, 5.74) is 2.53. The Morgan fingerprint density at radius 3 is 2.52 bits per heavy atom. The molecule has 0 saturated carbocycles. The summed E-state index contributed by atoms with van der Waals surface area (Å²) in [7, 11) is 0. The number of aromatic nitrogens is 1. The van der Waals surface area contributed by atoms with E-state index in [0.717, 1.165) is 16.7 Å². The van der Waals surface area contributed by atoms with Crippen LogP contribution in [0.2, 0.25) is 0 Å². The van der Waals surface area contributed by atoms with Gasteiger partial charge in [-0.2, -0.15) is 0 Å². The molecule has 29 heavy (non-hydrogen) atoms. The lowest BCUT2D eigenvalue weighted by Crippen LogP contribution is -2.44. The highest BCUT2D eigenvalue weighted by Crippen LogP contribution is 2.23. The van der Waals surface area contributed by atoms with Crippen LogP contribution in [0.5, 0.6) is 5.75 Å². The first-order valence-electron chi connectivity index (χ1n) is 9.82. The quantitative estimate of drug-likeness (QED) is 0.478. The summed E-state index contributed by atoms with van der Waals surface area (Å²) in [6.45, 7) is 4.92. The molecule has 1 fully saturated rings. The summed E-state index contributed by atoms with van der Waals surface area (Å²) >= 11 is 0. The Morgan fingerprint density at radius 1 is 1.03 bits per heavy atom. The molecule has 0 unspecified atom stereocenters. The summed E-state index contributed by atoms with van der Waals surface area (Å²) < 4.78 is 13.1. The van der Waals surface area contributed by atoms with Crippen molar-refractivity contribution in [2.75, 3.05) is 32.9 Å². The highest BCUT2D eigenvalue weighted by molar-refractivity contribution is 6.44. The van der Waals surface area contributed by atoms with Gasteiger partial charge in [-0.15, -0.1) is 0 Å². The van der Waals surface area contributed by atoms with E-state index >= 15 is 0 Å². The first kappa shape index (κ1) is 19.2. The SMILES string of the molecule is Cc1ccc(OCCn2cc(C(=O)C(=O)N3CCOCC3)c3ccccc32)cc1. The van der Waals surface area contributed by atoms with Crippen molar-refractivity contribution in [2.24, 2.45) is 0 Å². The van der Waals surface area contributed by atoms with Crippen LogP contribution in [0.25, 0.3) is 10.9 Å². The van der Waals surface area contributed by atoms with Crippen molar-refractivity contribution in [3.63, 3.8) is 0 Å². The van der Waals surface area contributed by atoms with E-state index in [9.17, 15) is 9.59 Å². The molecule has 1 aromatic heterocycles. The van der Waals surface area contributed by atoms with Gasteiger partial charge in [0.1, 0.15) is 12.4 Å². The zero-order valence-corrected chi connectivity index (χ0v) is 16.5. The number of morpholine rings is 1. The van der Waals surface area contributed by atoms with Crippen molar-refractivity contribution in [2.45, 2.75) is 13.5 Å². The predicted molar refractivity (Wildman–Crippen MR) is 110 cm³/mol. The lowest BCUT2D eigenvalue weighted by Gasteiger charge is -2.25. The number of Topliss-reactive ketones (excluding diaryl/α,β-unsaturated/α-hetero) is 1. The van der Waals surface area contributed by atoms with E-state index in [1.54, 1.807) is 11.1 Å². The van der Waals surface area contributed by atoms with Crippen molar-refractivity contribution in [3.05, 3.63) is 65.9 Å². The van der Waals surface area contributed by atoms with Gasteiger partial charge in [0, 0.05) is 30.2 Å². The third-order valence-corrected chi connectivity index (χ3v) is 5.15. The van der Waals surface area contributed by atoms with Crippen LogP contribution in [-0.4, -0.2) is 54.1 Å². The minimum atomic E-state index is -0.471. The van der Waals surface area contributed by atoms with E-state index in [1.807, 2.05) is 60.0 Å². The van der Waals surface area contributed by atoms with E-state index in [1.165, 1.54) is 5.56 Å². The molecule has 3 aromatic rings. The first-order valence-corrected chi connectivity index (χ1v) is 9.82. The fourth-order valence-corrected chi connectivity index (χ4v) is 3.53. The van der Waals surface area contributed by atoms with E-state index in [2.05, 4.69) is 0 Å². The maximum atomic E-state index is 12.9. The molecule has 1 saturated heterocycles. The Kier molecular flexibility index (Phi) is 5.62.